The molecule has 1 N–H and O–H groups in total. The second-order valence-electron chi connectivity index (χ2n) is 11.6. The maximum absolute atomic E-state index is 14.6. The molecule has 4 aromatic rings. The Kier molecular flexibility index (Phi) is 11.1. The van der Waals surface area contributed by atoms with Gasteiger partial charge in [-0.05, 0) is 81.6 Å². The number of halogens is 1. The molecule has 45 heavy (non-hydrogen) atoms. The number of rotatable bonds is 12. The van der Waals surface area contributed by atoms with Crippen LogP contribution in [-0.4, -0.2) is 43.8 Å². The van der Waals surface area contributed by atoms with Crippen LogP contribution in [0.5, 0.6) is 0 Å². The first-order valence-electron chi connectivity index (χ1n) is 14.9. The summed E-state index contributed by atoms with van der Waals surface area (Å²) in [5.41, 5.74) is 4.55. The van der Waals surface area contributed by atoms with E-state index in [1.807, 2.05) is 83.1 Å². The van der Waals surface area contributed by atoms with Crippen molar-refractivity contribution in [1.29, 1.82) is 0 Å². The normalized spacial score (nSPS) is 12.1. The van der Waals surface area contributed by atoms with Crippen molar-refractivity contribution >= 4 is 39.1 Å². The number of carbonyl (C=O) groups is 2. The van der Waals surface area contributed by atoms with Crippen molar-refractivity contribution in [2.24, 2.45) is 0 Å². The number of carbonyl (C=O) groups excluding carboxylic acids is 2. The predicted octanol–water partition coefficient (Wildman–Crippen LogP) is 6.63. The minimum absolute atomic E-state index is 0.0493. The molecule has 0 aliphatic rings. The third-order valence-electron chi connectivity index (χ3n) is 7.45. The highest BCUT2D eigenvalue weighted by Crippen LogP contribution is 2.29. The van der Waals surface area contributed by atoms with Crippen LogP contribution in [0.25, 0.3) is 0 Å². The van der Waals surface area contributed by atoms with Crippen molar-refractivity contribution in [2.75, 3.05) is 10.8 Å². The number of hydrogen-bond donors (Lipinski definition) is 1. The van der Waals surface area contributed by atoms with Crippen LogP contribution in [0, 0.1) is 20.8 Å². The average Bonchev–Trinajstić information content (AvgIpc) is 2.98. The first kappa shape index (κ1) is 33.7. The van der Waals surface area contributed by atoms with Gasteiger partial charge in [0, 0.05) is 24.0 Å². The lowest BCUT2D eigenvalue weighted by molar-refractivity contribution is -0.140. The molecule has 1 atom stereocenters. The number of nitrogens with one attached hydrogen (secondary N) is 1. The molecule has 4 rings (SSSR count). The fourth-order valence-corrected chi connectivity index (χ4v) is 6.89. The summed E-state index contributed by atoms with van der Waals surface area (Å²) in [6, 6.07) is 27.4. The average molecular weight is 646 g/mol. The first-order valence-corrected chi connectivity index (χ1v) is 16.7. The topological polar surface area (TPSA) is 86.8 Å². The Morgan fingerprint density at radius 1 is 0.800 bits per heavy atom. The number of benzene rings is 4. The van der Waals surface area contributed by atoms with Gasteiger partial charge in [-0.2, -0.15) is 0 Å². The van der Waals surface area contributed by atoms with Gasteiger partial charge in [0.2, 0.25) is 11.8 Å². The van der Waals surface area contributed by atoms with Crippen LogP contribution >= 0.6 is 11.6 Å². The summed E-state index contributed by atoms with van der Waals surface area (Å²) in [5, 5.41) is 3.46. The van der Waals surface area contributed by atoms with Crippen LogP contribution in [0.3, 0.4) is 0 Å². The van der Waals surface area contributed by atoms with E-state index in [1.165, 1.54) is 4.90 Å². The lowest BCUT2D eigenvalue weighted by Crippen LogP contribution is -2.54. The molecule has 0 fully saturated rings. The van der Waals surface area contributed by atoms with Gasteiger partial charge in [0.15, 0.2) is 0 Å². The van der Waals surface area contributed by atoms with Crippen molar-refractivity contribution in [3.05, 3.63) is 130 Å². The molecule has 9 heteroatoms. The Balaban J connectivity index is 1.83. The van der Waals surface area contributed by atoms with Crippen molar-refractivity contribution in [3.63, 3.8) is 0 Å². The summed E-state index contributed by atoms with van der Waals surface area (Å²) < 4.78 is 29.6. The summed E-state index contributed by atoms with van der Waals surface area (Å²) >= 11 is 6.31. The van der Waals surface area contributed by atoms with E-state index in [2.05, 4.69) is 5.32 Å². The maximum atomic E-state index is 14.6. The van der Waals surface area contributed by atoms with Gasteiger partial charge in [0.1, 0.15) is 12.6 Å². The number of amides is 2. The molecule has 0 saturated carbocycles. The number of nitrogens with zero attached hydrogens (tertiary/aromatic N) is 2. The van der Waals surface area contributed by atoms with Gasteiger partial charge in [0.05, 0.1) is 10.6 Å². The van der Waals surface area contributed by atoms with Crippen LogP contribution < -0.4 is 9.62 Å². The van der Waals surface area contributed by atoms with Crippen molar-refractivity contribution in [3.8, 4) is 0 Å². The van der Waals surface area contributed by atoms with Crippen LogP contribution in [0.2, 0.25) is 5.02 Å². The molecule has 0 bridgehead atoms. The van der Waals surface area contributed by atoms with E-state index < -0.39 is 28.5 Å². The Morgan fingerprint density at radius 3 is 2.07 bits per heavy atom. The van der Waals surface area contributed by atoms with Crippen LogP contribution in [0.4, 0.5) is 5.69 Å². The molecular weight excluding hydrogens is 606 g/mol. The zero-order valence-electron chi connectivity index (χ0n) is 26.3. The van der Waals surface area contributed by atoms with E-state index in [0.29, 0.717) is 21.8 Å². The SMILES string of the molecule is Cc1ccc(S(=O)(=O)N(CC(=O)N(Cc2cccc(Cl)c2)[C@H](Cc2ccccc2)C(=O)NC(C)C)c2ccc(C)cc2C)cc1. The fraction of sp³-hybridized carbons (Fsp3) is 0.278. The van der Waals surface area contributed by atoms with E-state index in [9.17, 15) is 18.0 Å². The number of anilines is 1. The molecule has 4 aromatic carbocycles. The quantitative estimate of drug-likeness (QED) is 0.188. The molecule has 0 unspecified atom stereocenters. The Hall–Kier alpha value is -4.14. The van der Waals surface area contributed by atoms with E-state index in [-0.39, 0.29) is 29.8 Å². The molecule has 0 aliphatic carbocycles. The third-order valence-corrected chi connectivity index (χ3v) is 9.46. The van der Waals surface area contributed by atoms with Crippen molar-refractivity contribution < 1.29 is 18.0 Å². The van der Waals surface area contributed by atoms with Gasteiger partial charge >= 0.3 is 0 Å². The first-order chi connectivity index (χ1) is 21.3. The predicted molar refractivity (Wildman–Crippen MR) is 181 cm³/mol. The minimum Gasteiger partial charge on any atom is -0.352 e. The summed E-state index contributed by atoms with van der Waals surface area (Å²) in [5.74, 6) is -0.853. The molecule has 0 saturated heterocycles. The highest BCUT2D eigenvalue weighted by Gasteiger charge is 2.35. The second-order valence-corrected chi connectivity index (χ2v) is 13.9. The molecule has 0 spiro atoms. The zero-order chi connectivity index (χ0) is 32.7. The van der Waals surface area contributed by atoms with Gasteiger partial charge in [-0.1, -0.05) is 89.5 Å². The number of sulfonamides is 1. The summed E-state index contributed by atoms with van der Waals surface area (Å²) in [6.07, 6.45) is 0.236. The van der Waals surface area contributed by atoms with Crippen molar-refractivity contribution in [2.45, 2.75) is 64.6 Å². The lowest BCUT2D eigenvalue weighted by Gasteiger charge is -2.34. The highest BCUT2D eigenvalue weighted by atomic mass is 35.5. The summed E-state index contributed by atoms with van der Waals surface area (Å²) in [6.45, 7) is 8.88. The monoisotopic (exact) mass is 645 g/mol. The Bertz CT molecular complexity index is 1740. The molecule has 7 nitrogen and oxygen atoms in total. The van der Waals surface area contributed by atoms with E-state index in [4.69, 9.17) is 11.6 Å². The Labute approximate surface area is 271 Å². The van der Waals surface area contributed by atoms with Gasteiger partial charge in [-0.3, -0.25) is 13.9 Å². The molecule has 0 aliphatic heterocycles. The van der Waals surface area contributed by atoms with Gasteiger partial charge in [0.25, 0.3) is 10.0 Å². The molecule has 0 aromatic heterocycles. The molecule has 0 heterocycles. The maximum Gasteiger partial charge on any atom is 0.264 e. The fourth-order valence-electron chi connectivity index (χ4n) is 5.20. The Morgan fingerprint density at radius 2 is 1.44 bits per heavy atom. The van der Waals surface area contributed by atoms with Crippen LogP contribution in [-0.2, 0) is 32.6 Å². The zero-order valence-corrected chi connectivity index (χ0v) is 27.9. The molecular formula is C36H40ClN3O4S. The largest absolute Gasteiger partial charge is 0.352 e. The van der Waals surface area contributed by atoms with Crippen molar-refractivity contribution in [1.82, 2.24) is 10.2 Å². The van der Waals surface area contributed by atoms with Crippen LogP contribution in [0.1, 0.15) is 41.7 Å². The smallest absolute Gasteiger partial charge is 0.264 e. The molecule has 0 radical (unpaired) electrons. The molecule has 236 valence electrons. The second kappa shape index (κ2) is 14.8. The third kappa shape index (κ3) is 8.74. The van der Waals surface area contributed by atoms with Gasteiger partial charge in [-0.25, -0.2) is 8.42 Å². The van der Waals surface area contributed by atoms with Gasteiger partial charge < -0.3 is 10.2 Å². The lowest BCUT2D eigenvalue weighted by atomic mass is 10.0. The van der Waals surface area contributed by atoms with Crippen LogP contribution in [0.15, 0.2) is 102 Å². The van der Waals surface area contributed by atoms with E-state index >= 15 is 0 Å². The number of aryl methyl sites for hydroxylation is 3. The molecule has 2 amide bonds. The van der Waals surface area contributed by atoms with E-state index in [0.717, 1.165) is 21.0 Å². The number of hydrogen-bond acceptors (Lipinski definition) is 4. The standard InChI is InChI=1S/C36H40ClN3O4S/c1-25(2)38-36(42)34(22-29-10-7-6-8-11-29)39(23-30-12-9-13-31(37)21-30)35(41)24-40(33-19-16-27(4)20-28(33)5)45(43,44)32-17-14-26(3)15-18-32/h6-21,25,34H,22-24H2,1-5H3,(H,38,42)/t34-/m1/s1. The highest BCUT2D eigenvalue weighted by molar-refractivity contribution is 7.92. The van der Waals surface area contributed by atoms with E-state index in [1.54, 1.807) is 48.5 Å². The summed E-state index contributed by atoms with van der Waals surface area (Å²) in [7, 11) is -4.17. The van der Waals surface area contributed by atoms with Gasteiger partial charge in [-0.15, -0.1) is 0 Å². The minimum atomic E-state index is -4.17. The summed E-state index contributed by atoms with van der Waals surface area (Å²) in [4.78, 5) is 29.9.